The Morgan fingerprint density at radius 1 is 1.37 bits per heavy atom. The van der Waals surface area contributed by atoms with Crippen molar-refractivity contribution in [1.82, 2.24) is 5.32 Å². The zero-order valence-corrected chi connectivity index (χ0v) is 12.2. The number of carbonyl (C=O) groups is 1. The van der Waals surface area contributed by atoms with E-state index in [9.17, 15) is 4.79 Å². The summed E-state index contributed by atoms with van der Waals surface area (Å²) in [5.41, 5.74) is 7.30. The van der Waals surface area contributed by atoms with E-state index in [1.807, 2.05) is 13.0 Å². The van der Waals surface area contributed by atoms with E-state index < -0.39 is 0 Å². The van der Waals surface area contributed by atoms with Crippen LogP contribution in [0, 0.1) is 0 Å². The third-order valence-corrected chi connectivity index (χ3v) is 3.78. The van der Waals surface area contributed by atoms with Crippen LogP contribution >= 0.6 is 12.4 Å². The highest BCUT2D eigenvalue weighted by Crippen LogP contribution is 2.47. The normalized spacial score (nSPS) is 17.2. The molecule has 2 rings (SSSR count). The number of nitrogens with one attached hydrogen (secondary N) is 1. The molecule has 4 heteroatoms. The Hall–Kier alpha value is -1.06. The van der Waals surface area contributed by atoms with Gasteiger partial charge in [0.1, 0.15) is 0 Å². The van der Waals surface area contributed by atoms with Gasteiger partial charge in [-0.2, -0.15) is 0 Å². The van der Waals surface area contributed by atoms with Crippen molar-refractivity contribution >= 4 is 18.3 Å². The van der Waals surface area contributed by atoms with Crippen molar-refractivity contribution in [3.63, 3.8) is 0 Å². The number of hydrogen-bond acceptors (Lipinski definition) is 2. The fourth-order valence-electron chi connectivity index (χ4n) is 2.34. The zero-order chi connectivity index (χ0) is 13.0. The second-order valence-corrected chi connectivity index (χ2v) is 5.26. The van der Waals surface area contributed by atoms with Gasteiger partial charge in [0.15, 0.2) is 0 Å². The Bertz CT molecular complexity index is 404. The highest BCUT2D eigenvalue weighted by molar-refractivity contribution is 5.85. The van der Waals surface area contributed by atoms with E-state index in [-0.39, 0.29) is 29.8 Å². The van der Waals surface area contributed by atoms with E-state index in [0.29, 0.717) is 6.54 Å². The number of nitrogens with two attached hydrogens (primary N) is 1. The van der Waals surface area contributed by atoms with Crippen LogP contribution in [0.25, 0.3) is 0 Å². The van der Waals surface area contributed by atoms with Crippen molar-refractivity contribution in [3.8, 4) is 0 Å². The largest absolute Gasteiger partial charge is 0.354 e. The molecule has 3 nitrogen and oxygen atoms in total. The molecule has 106 valence electrons. The molecule has 19 heavy (non-hydrogen) atoms. The average Bonchev–Trinajstić information content (AvgIpc) is 3.18. The fourth-order valence-corrected chi connectivity index (χ4v) is 2.34. The van der Waals surface area contributed by atoms with E-state index in [1.165, 1.54) is 5.56 Å². The summed E-state index contributed by atoms with van der Waals surface area (Å²) < 4.78 is 0. The quantitative estimate of drug-likeness (QED) is 0.842. The van der Waals surface area contributed by atoms with Crippen molar-refractivity contribution in [1.29, 1.82) is 0 Å². The van der Waals surface area contributed by atoms with Gasteiger partial charge in [-0.15, -0.1) is 12.4 Å². The number of carbonyl (C=O) groups excluding carboxylic acids is 1. The van der Waals surface area contributed by atoms with Crippen LogP contribution in [0.15, 0.2) is 30.3 Å². The molecule has 1 fully saturated rings. The Morgan fingerprint density at radius 2 is 2.00 bits per heavy atom. The highest BCUT2D eigenvalue weighted by Gasteiger charge is 2.44. The van der Waals surface area contributed by atoms with Crippen LogP contribution in [0.4, 0.5) is 0 Å². The van der Waals surface area contributed by atoms with E-state index >= 15 is 0 Å². The Balaban J connectivity index is 0.00000180. The predicted molar refractivity (Wildman–Crippen MR) is 80.5 cm³/mol. The summed E-state index contributed by atoms with van der Waals surface area (Å²) >= 11 is 0. The lowest BCUT2D eigenvalue weighted by molar-refractivity contribution is -0.122. The Labute approximate surface area is 121 Å². The molecule has 1 aromatic carbocycles. The topological polar surface area (TPSA) is 55.1 Å². The molecule has 1 atom stereocenters. The summed E-state index contributed by atoms with van der Waals surface area (Å²) in [6.07, 6.45) is 4.00. The van der Waals surface area contributed by atoms with Gasteiger partial charge in [0.05, 0.1) is 6.04 Å². The zero-order valence-electron chi connectivity index (χ0n) is 11.4. The van der Waals surface area contributed by atoms with Crippen molar-refractivity contribution in [2.75, 3.05) is 6.54 Å². The SMILES string of the molecule is CCCC(N)C(=O)NCC1(c2ccccc2)CC1.Cl. The molecule has 0 bridgehead atoms. The molecule has 0 saturated heterocycles. The summed E-state index contributed by atoms with van der Waals surface area (Å²) in [7, 11) is 0. The first-order chi connectivity index (χ1) is 8.68. The van der Waals surface area contributed by atoms with Gasteiger partial charge < -0.3 is 11.1 Å². The highest BCUT2D eigenvalue weighted by atomic mass is 35.5. The van der Waals surface area contributed by atoms with E-state index in [0.717, 1.165) is 25.7 Å². The first kappa shape index (κ1) is 16.0. The van der Waals surface area contributed by atoms with Gasteiger partial charge in [0, 0.05) is 12.0 Å². The van der Waals surface area contributed by atoms with Crippen LogP contribution < -0.4 is 11.1 Å². The van der Waals surface area contributed by atoms with Gasteiger partial charge in [-0.1, -0.05) is 43.7 Å². The third kappa shape index (κ3) is 3.95. The van der Waals surface area contributed by atoms with Gasteiger partial charge in [0.2, 0.25) is 5.91 Å². The van der Waals surface area contributed by atoms with Gasteiger partial charge in [-0.3, -0.25) is 4.79 Å². The van der Waals surface area contributed by atoms with Crippen molar-refractivity contribution < 1.29 is 4.79 Å². The predicted octanol–water partition coefficient (Wildman–Crippen LogP) is 2.38. The van der Waals surface area contributed by atoms with Crippen LogP contribution in [0.5, 0.6) is 0 Å². The van der Waals surface area contributed by atoms with Gasteiger partial charge in [-0.05, 0) is 24.8 Å². The maximum absolute atomic E-state index is 11.8. The molecular formula is C15H23ClN2O. The second kappa shape index (κ2) is 6.92. The molecule has 0 aromatic heterocycles. The van der Waals surface area contributed by atoms with Crippen LogP contribution in [-0.4, -0.2) is 18.5 Å². The molecule has 1 saturated carbocycles. The first-order valence-corrected chi connectivity index (χ1v) is 6.77. The minimum atomic E-state index is -0.360. The molecule has 0 aliphatic heterocycles. The molecule has 1 amide bonds. The molecule has 1 aromatic rings. The molecule has 0 radical (unpaired) electrons. The Kier molecular flexibility index (Phi) is 5.83. The van der Waals surface area contributed by atoms with Gasteiger partial charge >= 0.3 is 0 Å². The molecule has 1 aliphatic rings. The minimum Gasteiger partial charge on any atom is -0.354 e. The molecule has 0 spiro atoms. The molecule has 0 heterocycles. The summed E-state index contributed by atoms with van der Waals surface area (Å²) in [5.74, 6) is -0.0148. The van der Waals surface area contributed by atoms with Gasteiger partial charge in [0.25, 0.3) is 0 Å². The lowest BCUT2D eigenvalue weighted by atomic mass is 9.96. The first-order valence-electron chi connectivity index (χ1n) is 6.77. The maximum Gasteiger partial charge on any atom is 0.236 e. The number of rotatable bonds is 6. The van der Waals surface area contributed by atoms with Crippen LogP contribution in [0.1, 0.15) is 38.2 Å². The number of hydrogen-bond donors (Lipinski definition) is 2. The van der Waals surface area contributed by atoms with Gasteiger partial charge in [-0.25, -0.2) is 0 Å². The lowest BCUT2D eigenvalue weighted by Gasteiger charge is -2.18. The lowest BCUT2D eigenvalue weighted by Crippen LogP contribution is -2.43. The molecule has 3 N–H and O–H groups in total. The fraction of sp³-hybridized carbons (Fsp3) is 0.533. The molecular weight excluding hydrogens is 260 g/mol. The molecule has 1 unspecified atom stereocenters. The summed E-state index contributed by atoms with van der Waals surface area (Å²) in [6, 6.07) is 10.1. The number of halogens is 1. The minimum absolute atomic E-state index is 0. The maximum atomic E-state index is 11.8. The van der Waals surface area contributed by atoms with Crippen LogP contribution in [0.3, 0.4) is 0 Å². The van der Waals surface area contributed by atoms with Crippen LogP contribution in [0.2, 0.25) is 0 Å². The summed E-state index contributed by atoms with van der Waals surface area (Å²) in [4.78, 5) is 11.8. The number of amides is 1. The second-order valence-electron chi connectivity index (χ2n) is 5.26. The smallest absolute Gasteiger partial charge is 0.236 e. The van der Waals surface area contributed by atoms with E-state index in [1.54, 1.807) is 0 Å². The van der Waals surface area contributed by atoms with E-state index in [4.69, 9.17) is 5.73 Å². The average molecular weight is 283 g/mol. The monoisotopic (exact) mass is 282 g/mol. The van der Waals surface area contributed by atoms with E-state index in [2.05, 4.69) is 29.6 Å². The van der Waals surface area contributed by atoms with Crippen molar-refractivity contribution in [2.24, 2.45) is 5.73 Å². The van der Waals surface area contributed by atoms with Crippen molar-refractivity contribution in [3.05, 3.63) is 35.9 Å². The summed E-state index contributed by atoms with van der Waals surface area (Å²) in [5, 5.41) is 3.00. The third-order valence-electron chi connectivity index (χ3n) is 3.78. The van der Waals surface area contributed by atoms with Crippen molar-refractivity contribution in [2.45, 2.75) is 44.1 Å². The molecule has 1 aliphatic carbocycles. The Morgan fingerprint density at radius 3 is 2.53 bits per heavy atom. The standard InChI is InChI=1S/C15H22N2O.ClH/c1-2-6-13(16)14(18)17-11-15(9-10-15)12-7-4-3-5-8-12;/h3-5,7-8,13H,2,6,9-11,16H2,1H3,(H,17,18);1H. The summed E-state index contributed by atoms with van der Waals surface area (Å²) in [6.45, 7) is 2.76. The number of benzene rings is 1. The van der Waals surface area contributed by atoms with Crippen LogP contribution in [-0.2, 0) is 10.2 Å².